The molecule has 0 saturated heterocycles. The Morgan fingerprint density at radius 1 is 1.23 bits per heavy atom. The van der Waals surface area contributed by atoms with Crippen LogP contribution < -0.4 is 10.1 Å². The van der Waals surface area contributed by atoms with Gasteiger partial charge in [-0.05, 0) is 48.2 Å². The molecule has 0 aromatic heterocycles. The predicted octanol–water partition coefficient (Wildman–Crippen LogP) is 4.22. The highest BCUT2D eigenvalue weighted by molar-refractivity contribution is 6.02. The van der Waals surface area contributed by atoms with Gasteiger partial charge in [-0.15, -0.1) is 0 Å². The Bertz CT molecular complexity index is 690. The molecule has 0 aliphatic heterocycles. The molecule has 0 aliphatic rings. The van der Waals surface area contributed by atoms with Crippen LogP contribution in [0.5, 0.6) is 5.75 Å². The van der Waals surface area contributed by atoms with Crippen molar-refractivity contribution in [3.05, 3.63) is 65.2 Å². The second-order valence-corrected chi connectivity index (χ2v) is 5.06. The lowest BCUT2D eigenvalue weighted by molar-refractivity contribution is -0.111. The summed E-state index contributed by atoms with van der Waals surface area (Å²) in [6.45, 7) is 4.08. The smallest absolute Gasteiger partial charge is 0.248 e. The maximum atomic E-state index is 12.1. The molecular weight excluding hydrogens is 274 g/mol. The van der Waals surface area contributed by atoms with E-state index in [-0.39, 0.29) is 5.91 Å². The molecule has 114 valence electrons. The molecule has 0 unspecified atom stereocenters. The molecule has 0 fully saturated rings. The van der Waals surface area contributed by atoms with Gasteiger partial charge >= 0.3 is 0 Å². The third-order valence-corrected chi connectivity index (χ3v) is 3.51. The van der Waals surface area contributed by atoms with Gasteiger partial charge in [0.2, 0.25) is 5.91 Å². The molecule has 0 atom stereocenters. The molecule has 2 rings (SSSR count). The number of anilines is 1. The van der Waals surface area contributed by atoms with Gasteiger partial charge in [0.15, 0.2) is 0 Å². The van der Waals surface area contributed by atoms with E-state index in [1.165, 1.54) is 0 Å². The number of benzene rings is 2. The maximum Gasteiger partial charge on any atom is 0.248 e. The quantitative estimate of drug-likeness (QED) is 0.839. The summed E-state index contributed by atoms with van der Waals surface area (Å²) in [6.07, 6.45) is 4.21. The fraction of sp³-hybridized carbons (Fsp3) is 0.211. The van der Waals surface area contributed by atoms with E-state index in [0.29, 0.717) is 0 Å². The molecule has 2 aromatic rings. The predicted molar refractivity (Wildman–Crippen MR) is 91.2 cm³/mol. The summed E-state index contributed by atoms with van der Waals surface area (Å²) >= 11 is 0. The Balaban J connectivity index is 2.11. The number of aryl methyl sites for hydroxylation is 2. The van der Waals surface area contributed by atoms with Crippen molar-refractivity contribution in [2.75, 3.05) is 12.4 Å². The minimum atomic E-state index is -0.133. The van der Waals surface area contributed by atoms with E-state index in [1.54, 1.807) is 19.3 Å². The van der Waals surface area contributed by atoms with Crippen molar-refractivity contribution >= 4 is 17.7 Å². The lowest BCUT2D eigenvalue weighted by Gasteiger charge is -2.11. The topological polar surface area (TPSA) is 38.3 Å². The first-order chi connectivity index (χ1) is 10.6. The molecule has 3 nitrogen and oxygen atoms in total. The summed E-state index contributed by atoms with van der Waals surface area (Å²) in [4.78, 5) is 12.1. The standard InChI is InChI=1S/C19H21NO2/c1-4-16-9-5-7-14(2)19(16)20-18(21)12-11-15-8-6-10-17(13-15)22-3/h5-13H,4H2,1-3H3,(H,20,21)/b12-11-. The summed E-state index contributed by atoms with van der Waals surface area (Å²) in [5.41, 5.74) is 4.05. The number of ether oxygens (including phenoxy) is 1. The third kappa shape index (κ3) is 3.98. The zero-order chi connectivity index (χ0) is 15.9. The minimum absolute atomic E-state index is 0.133. The number of carbonyl (C=O) groups is 1. The van der Waals surface area contributed by atoms with E-state index in [2.05, 4.69) is 12.2 Å². The van der Waals surface area contributed by atoms with Gasteiger partial charge in [0.1, 0.15) is 5.75 Å². The van der Waals surface area contributed by atoms with Crippen LogP contribution in [0.1, 0.15) is 23.6 Å². The van der Waals surface area contributed by atoms with Crippen LogP contribution in [0.3, 0.4) is 0 Å². The Hall–Kier alpha value is -2.55. The molecule has 0 aliphatic carbocycles. The largest absolute Gasteiger partial charge is 0.497 e. The molecule has 2 aromatic carbocycles. The van der Waals surface area contributed by atoms with Crippen molar-refractivity contribution < 1.29 is 9.53 Å². The fourth-order valence-corrected chi connectivity index (χ4v) is 2.28. The summed E-state index contributed by atoms with van der Waals surface area (Å²) < 4.78 is 5.17. The molecular formula is C19H21NO2. The number of hydrogen-bond acceptors (Lipinski definition) is 2. The third-order valence-electron chi connectivity index (χ3n) is 3.51. The first-order valence-electron chi connectivity index (χ1n) is 7.35. The zero-order valence-electron chi connectivity index (χ0n) is 13.2. The van der Waals surface area contributed by atoms with E-state index in [4.69, 9.17) is 4.74 Å². The van der Waals surface area contributed by atoms with Crippen molar-refractivity contribution in [3.8, 4) is 5.75 Å². The highest BCUT2D eigenvalue weighted by atomic mass is 16.5. The van der Waals surface area contributed by atoms with Crippen LogP contribution >= 0.6 is 0 Å². The Morgan fingerprint density at radius 3 is 2.73 bits per heavy atom. The second kappa shape index (κ2) is 7.46. The number of methoxy groups -OCH3 is 1. The highest BCUT2D eigenvalue weighted by Crippen LogP contribution is 2.21. The van der Waals surface area contributed by atoms with Gasteiger partial charge in [0.25, 0.3) is 0 Å². The van der Waals surface area contributed by atoms with Gasteiger partial charge in [-0.1, -0.05) is 37.3 Å². The summed E-state index contributed by atoms with van der Waals surface area (Å²) in [5, 5.41) is 2.97. The average Bonchev–Trinajstić information content (AvgIpc) is 2.55. The molecule has 1 N–H and O–H groups in total. The Labute approximate surface area is 131 Å². The van der Waals surface area contributed by atoms with Crippen LogP contribution in [0, 0.1) is 6.92 Å². The first-order valence-corrected chi connectivity index (χ1v) is 7.35. The number of para-hydroxylation sites is 1. The number of amides is 1. The van der Waals surface area contributed by atoms with E-state index in [1.807, 2.05) is 49.4 Å². The molecule has 0 bridgehead atoms. The number of rotatable bonds is 5. The Morgan fingerprint density at radius 2 is 2.00 bits per heavy atom. The van der Waals surface area contributed by atoms with Crippen LogP contribution in [0.4, 0.5) is 5.69 Å². The van der Waals surface area contributed by atoms with Gasteiger partial charge in [-0.3, -0.25) is 4.79 Å². The molecule has 0 spiro atoms. The van der Waals surface area contributed by atoms with Crippen molar-refractivity contribution in [2.24, 2.45) is 0 Å². The lowest BCUT2D eigenvalue weighted by atomic mass is 10.1. The van der Waals surface area contributed by atoms with Gasteiger partial charge < -0.3 is 10.1 Å². The molecule has 0 heterocycles. The van der Waals surface area contributed by atoms with Crippen molar-refractivity contribution in [2.45, 2.75) is 20.3 Å². The zero-order valence-corrected chi connectivity index (χ0v) is 13.2. The highest BCUT2D eigenvalue weighted by Gasteiger charge is 2.06. The molecule has 0 radical (unpaired) electrons. The van der Waals surface area contributed by atoms with Crippen LogP contribution in [0.2, 0.25) is 0 Å². The monoisotopic (exact) mass is 295 g/mol. The summed E-state index contributed by atoms with van der Waals surface area (Å²) in [5.74, 6) is 0.640. The first kappa shape index (κ1) is 15.8. The Kier molecular flexibility index (Phi) is 5.37. The second-order valence-electron chi connectivity index (χ2n) is 5.06. The molecule has 3 heteroatoms. The number of carbonyl (C=O) groups excluding carboxylic acids is 1. The van der Waals surface area contributed by atoms with Gasteiger partial charge in [0.05, 0.1) is 7.11 Å². The summed E-state index contributed by atoms with van der Waals surface area (Å²) in [7, 11) is 1.62. The molecule has 0 saturated carbocycles. The van der Waals surface area contributed by atoms with Crippen molar-refractivity contribution in [1.29, 1.82) is 0 Å². The number of nitrogens with one attached hydrogen (secondary N) is 1. The summed E-state index contributed by atoms with van der Waals surface area (Å²) in [6, 6.07) is 13.6. The lowest BCUT2D eigenvalue weighted by Crippen LogP contribution is -2.11. The van der Waals surface area contributed by atoms with Crippen molar-refractivity contribution in [1.82, 2.24) is 0 Å². The van der Waals surface area contributed by atoms with Gasteiger partial charge in [-0.25, -0.2) is 0 Å². The average molecular weight is 295 g/mol. The van der Waals surface area contributed by atoms with Crippen LogP contribution in [-0.2, 0) is 11.2 Å². The van der Waals surface area contributed by atoms with Crippen molar-refractivity contribution in [3.63, 3.8) is 0 Å². The molecule has 1 amide bonds. The normalized spacial score (nSPS) is 10.7. The maximum absolute atomic E-state index is 12.1. The van der Waals surface area contributed by atoms with Crippen LogP contribution in [0.15, 0.2) is 48.5 Å². The van der Waals surface area contributed by atoms with E-state index in [9.17, 15) is 4.79 Å². The van der Waals surface area contributed by atoms with Gasteiger partial charge in [0, 0.05) is 11.8 Å². The van der Waals surface area contributed by atoms with E-state index in [0.717, 1.165) is 34.5 Å². The van der Waals surface area contributed by atoms with E-state index < -0.39 is 0 Å². The van der Waals surface area contributed by atoms with Gasteiger partial charge in [-0.2, -0.15) is 0 Å². The number of hydrogen-bond donors (Lipinski definition) is 1. The fourth-order valence-electron chi connectivity index (χ4n) is 2.28. The SMILES string of the molecule is CCc1cccc(C)c1NC(=O)/C=C\c1cccc(OC)c1. The van der Waals surface area contributed by atoms with Crippen LogP contribution in [0.25, 0.3) is 6.08 Å². The van der Waals surface area contributed by atoms with Crippen LogP contribution in [-0.4, -0.2) is 13.0 Å². The minimum Gasteiger partial charge on any atom is -0.497 e. The van der Waals surface area contributed by atoms with E-state index >= 15 is 0 Å². The molecule has 22 heavy (non-hydrogen) atoms.